The number of ketones is 1. The molecule has 2 aliphatic rings. The Balaban J connectivity index is 2.15. The fraction of sp³-hybridized carbons (Fsp3) is 0.368. The van der Waals surface area contributed by atoms with Crippen LogP contribution in [0.4, 0.5) is 0 Å². The van der Waals surface area contributed by atoms with Crippen molar-refractivity contribution in [3.63, 3.8) is 0 Å². The highest BCUT2D eigenvalue weighted by atomic mass is 16.5. The van der Waals surface area contributed by atoms with Crippen LogP contribution in [0.2, 0.25) is 0 Å². The first-order valence-corrected chi connectivity index (χ1v) is 8.25. The monoisotopic (exact) mass is 340 g/mol. The summed E-state index contributed by atoms with van der Waals surface area (Å²) in [5.41, 5.74) is 7.50. The van der Waals surface area contributed by atoms with E-state index < -0.39 is 5.92 Å². The van der Waals surface area contributed by atoms with Crippen LogP contribution < -0.4 is 15.2 Å². The van der Waals surface area contributed by atoms with Crippen LogP contribution in [0.1, 0.15) is 37.7 Å². The van der Waals surface area contributed by atoms with Crippen molar-refractivity contribution >= 4 is 5.78 Å². The van der Waals surface area contributed by atoms with Crippen molar-refractivity contribution in [1.82, 2.24) is 0 Å². The summed E-state index contributed by atoms with van der Waals surface area (Å²) in [7, 11) is 1.57. The third-order valence-electron chi connectivity index (χ3n) is 4.43. The van der Waals surface area contributed by atoms with Gasteiger partial charge in [-0.15, -0.1) is 0 Å². The van der Waals surface area contributed by atoms with E-state index in [1.165, 1.54) is 0 Å². The molecule has 0 saturated heterocycles. The molecule has 0 radical (unpaired) electrons. The molecule has 2 N–H and O–H groups in total. The molecule has 6 nitrogen and oxygen atoms in total. The first-order chi connectivity index (χ1) is 12.1. The number of allylic oxidation sites excluding steroid dienone is 3. The first-order valence-electron chi connectivity index (χ1n) is 8.25. The van der Waals surface area contributed by atoms with Crippen molar-refractivity contribution in [2.45, 2.75) is 32.1 Å². The molecule has 1 atom stereocenters. The molecule has 3 rings (SSSR count). The fourth-order valence-corrected chi connectivity index (χ4v) is 3.33. The van der Waals surface area contributed by atoms with Gasteiger partial charge in [0.25, 0.3) is 0 Å². The summed E-state index contributed by atoms with van der Waals surface area (Å²) in [5, 5.41) is 9.59. The van der Waals surface area contributed by atoms with Gasteiger partial charge in [-0.2, -0.15) is 5.26 Å². The molecule has 1 aliphatic heterocycles. The number of hydrogen-bond acceptors (Lipinski definition) is 6. The Hall–Kier alpha value is -2.94. The third kappa shape index (κ3) is 2.93. The van der Waals surface area contributed by atoms with E-state index in [4.69, 9.17) is 19.9 Å². The van der Waals surface area contributed by atoms with Crippen LogP contribution >= 0.6 is 0 Å². The van der Waals surface area contributed by atoms with Crippen LogP contribution in [-0.4, -0.2) is 19.5 Å². The SMILES string of the molecule is CCOc1cc([C@@H]2C(C#N)=C(N)OC3=C2C(=O)CCC3)ccc1OC. The van der Waals surface area contributed by atoms with Crippen molar-refractivity contribution in [3.8, 4) is 17.6 Å². The first kappa shape index (κ1) is 16.9. The number of carbonyl (C=O) groups excluding carboxylic acids is 1. The Morgan fingerprint density at radius 2 is 2.16 bits per heavy atom. The van der Waals surface area contributed by atoms with Gasteiger partial charge in [-0.1, -0.05) is 6.07 Å². The number of ether oxygens (including phenoxy) is 3. The molecule has 0 bridgehead atoms. The van der Waals surface area contributed by atoms with E-state index in [1.807, 2.05) is 13.0 Å². The van der Waals surface area contributed by atoms with Crippen LogP contribution in [-0.2, 0) is 9.53 Å². The van der Waals surface area contributed by atoms with E-state index in [0.29, 0.717) is 42.3 Å². The summed E-state index contributed by atoms with van der Waals surface area (Å²) in [6.07, 6.45) is 1.82. The molecule has 0 amide bonds. The summed E-state index contributed by atoms with van der Waals surface area (Å²) in [4.78, 5) is 12.5. The smallest absolute Gasteiger partial charge is 0.205 e. The zero-order valence-electron chi connectivity index (χ0n) is 14.3. The maximum atomic E-state index is 12.5. The lowest BCUT2D eigenvalue weighted by Crippen LogP contribution is -2.27. The van der Waals surface area contributed by atoms with Crippen molar-refractivity contribution in [1.29, 1.82) is 5.26 Å². The number of methoxy groups -OCH3 is 1. The average molecular weight is 340 g/mol. The number of hydrogen-bond donors (Lipinski definition) is 1. The number of carbonyl (C=O) groups is 1. The summed E-state index contributed by atoms with van der Waals surface area (Å²) in [6.45, 7) is 2.36. The Labute approximate surface area is 146 Å². The molecule has 130 valence electrons. The number of rotatable bonds is 4. The van der Waals surface area contributed by atoms with Crippen molar-refractivity contribution in [3.05, 3.63) is 46.6 Å². The van der Waals surface area contributed by atoms with Crippen molar-refractivity contribution in [2.75, 3.05) is 13.7 Å². The summed E-state index contributed by atoms with van der Waals surface area (Å²) in [6, 6.07) is 7.51. The van der Waals surface area contributed by atoms with E-state index in [-0.39, 0.29) is 17.2 Å². The summed E-state index contributed by atoms with van der Waals surface area (Å²) < 4.78 is 16.5. The highest BCUT2D eigenvalue weighted by molar-refractivity contribution is 5.99. The Morgan fingerprint density at radius 3 is 2.84 bits per heavy atom. The maximum absolute atomic E-state index is 12.5. The lowest BCUT2D eigenvalue weighted by molar-refractivity contribution is -0.116. The molecule has 1 aromatic carbocycles. The second-order valence-electron chi connectivity index (χ2n) is 5.88. The molecular weight excluding hydrogens is 320 g/mol. The van der Waals surface area contributed by atoms with Crippen LogP contribution in [0.5, 0.6) is 11.5 Å². The topological polar surface area (TPSA) is 94.6 Å². The molecular formula is C19H20N2O4. The van der Waals surface area contributed by atoms with Gasteiger partial charge in [-0.3, -0.25) is 4.79 Å². The highest BCUT2D eigenvalue weighted by Crippen LogP contribution is 2.44. The van der Waals surface area contributed by atoms with Crippen LogP contribution in [0.3, 0.4) is 0 Å². The molecule has 0 fully saturated rings. The fourth-order valence-electron chi connectivity index (χ4n) is 3.33. The lowest BCUT2D eigenvalue weighted by Gasteiger charge is -2.31. The molecule has 1 heterocycles. The minimum Gasteiger partial charge on any atom is -0.493 e. The molecule has 25 heavy (non-hydrogen) atoms. The number of nitriles is 1. The van der Waals surface area contributed by atoms with Gasteiger partial charge in [0, 0.05) is 18.4 Å². The molecule has 1 aromatic rings. The zero-order chi connectivity index (χ0) is 18.0. The molecule has 1 aliphatic carbocycles. The number of nitrogens with zero attached hydrogens (tertiary/aromatic N) is 1. The minimum atomic E-state index is -0.535. The second kappa shape index (κ2) is 6.89. The standard InChI is InChI=1S/C19H20N2O4/c1-3-24-16-9-11(7-8-14(16)23-2)17-12(10-20)19(21)25-15-6-4-5-13(22)18(15)17/h7-9,17H,3-6,21H2,1-2H3/t17-/m1/s1. The van der Waals surface area contributed by atoms with E-state index >= 15 is 0 Å². The normalized spacial score (nSPS) is 19.9. The van der Waals surface area contributed by atoms with Gasteiger partial charge in [0.1, 0.15) is 17.4 Å². The second-order valence-corrected chi connectivity index (χ2v) is 5.88. The van der Waals surface area contributed by atoms with E-state index in [9.17, 15) is 10.1 Å². The van der Waals surface area contributed by atoms with E-state index in [2.05, 4.69) is 6.07 Å². The van der Waals surface area contributed by atoms with E-state index in [1.54, 1.807) is 19.2 Å². The van der Waals surface area contributed by atoms with Gasteiger partial charge in [-0.05, 0) is 31.0 Å². The van der Waals surface area contributed by atoms with Crippen molar-refractivity contribution < 1.29 is 19.0 Å². The van der Waals surface area contributed by atoms with E-state index in [0.717, 1.165) is 12.0 Å². The predicted molar refractivity (Wildman–Crippen MR) is 90.7 cm³/mol. The Kier molecular flexibility index (Phi) is 4.66. The van der Waals surface area contributed by atoms with Gasteiger partial charge >= 0.3 is 0 Å². The predicted octanol–water partition coefficient (Wildman–Crippen LogP) is 2.91. The Morgan fingerprint density at radius 1 is 1.36 bits per heavy atom. The van der Waals surface area contributed by atoms with Gasteiger partial charge in [0.15, 0.2) is 17.3 Å². The summed E-state index contributed by atoms with van der Waals surface area (Å²) >= 11 is 0. The van der Waals surface area contributed by atoms with Crippen molar-refractivity contribution in [2.24, 2.45) is 5.73 Å². The van der Waals surface area contributed by atoms with Gasteiger partial charge in [-0.25, -0.2) is 0 Å². The van der Waals surface area contributed by atoms with Gasteiger partial charge in [0.2, 0.25) is 5.88 Å². The quantitative estimate of drug-likeness (QED) is 0.905. The summed E-state index contributed by atoms with van der Waals surface area (Å²) in [5.74, 6) is 1.26. The van der Waals surface area contributed by atoms with Gasteiger partial charge in [0.05, 0.1) is 19.6 Å². The molecule has 0 unspecified atom stereocenters. The number of Topliss-reactive ketones (excluding diaryl/α,β-unsaturated/α-hetero) is 1. The van der Waals surface area contributed by atoms with Gasteiger partial charge < -0.3 is 19.9 Å². The average Bonchev–Trinajstić information content (AvgIpc) is 2.61. The highest BCUT2D eigenvalue weighted by Gasteiger charge is 2.38. The number of nitrogens with two attached hydrogens (primary N) is 1. The zero-order valence-corrected chi connectivity index (χ0v) is 14.3. The molecule has 0 spiro atoms. The molecule has 0 saturated carbocycles. The lowest BCUT2D eigenvalue weighted by atomic mass is 9.77. The van der Waals surface area contributed by atoms with Crippen LogP contribution in [0.15, 0.2) is 41.0 Å². The molecule has 6 heteroatoms. The molecule has 0 aromatic heterocycles. The Bertz CT molecular complexity index is 817. The minimum absolute atomic E-state index is 0.000257. The maximum Gasteiger partial charge on any atom is 0.205 e. The van der Waals surface area contributed by atoms with Crippen LogP contribution in [0.25, 0.3) is 0 Å². The third-order valence-corrected chi connectivity index (χ3v) is 4.43. The largest absolute Gasteiger partial charge is 0.493 e. The number of benzene rings is 1. The van der Waals surface area contributed by atoms with Crippen LogP contribution in [0, 0.1) is 11.3 Å².